The van der Waals surface area contributed by atoms with Crippen molar-refractivity contribution in [3.05, 3.63) is 71.6 Å². The number of pyridine rings is 1. The van der Waals surface area contributed by atoms with E-state index in [-0.39, 0.29) is 0 Å². The number of aromatic nitrogens is 1. The molecule has 0 aliphatic carbocycles. The predicted molar refractivity (Wildman–Crippen MR) is 108 cm³/mol. The van der Waals surface area contributed by atoms with Crippen molar-refractivity contribution in [3.63, 3.8) is 0 Å². The molecule has 3 rings (SSSR count). The van der Waals surface area contributed by atoms with Gasteiger partial charge in [0.05, 0.1) is 17.7 Å². The SMILES string of the molecule is C=C(C(=[NH2+])c1ccccc1C(N)=[NH+]CC1CCOCC1)c1ccnc(C)c1. The van der Waals surface area contributed by atoms with Crippen molar-refractivity contribution >= 4 is 17.1 Å². The van der Waals surface area contributed by atoms with Gasteiger partial charge in [-0.15, -0.1) is 0 Å². The fourth-order valence-corrected chi connectivity index (χ4v) is 3.30. The van der Waals surface area contributed by atoms with Gasteiger partial charge in [0.15, 0.2) is 0 Å². The molecular weight excluding hydrogens is 336 g/mol. The number of aryl methyl sites for hydroxylation is 1. The first-order valence-corrected chi connectivity index (χ1v) is 9.35. The molecule has 140 valence electrons. The first-order chi connectivity index (χ1) is 13.1. The molecule has 2 heterocycles. The Morgan fingerprint density at radius 1 is 1.26 bits per heavy atom. The molecule has 0 atom stereocenters. The minimum absolute atomic E-state index is 0.584. The van der Waals surface area contributed by atoms with Crippen LogP contribution in [0, 0.1) is 12.8 Å². The van der Waals surface area contributed by atoms with Crippen LogP contribution >= 0.6 is 0 Å². The summed E-state index contributed by atoms with van der Waals surface area (Å²) in [5.41, 5.74) is 11.4. The fourth-order valence-electron chi connectivity index (χ4n) is 3.30. The van der Waals surface area contributed by atoms with Gasteiger partial charge in [0.2, 0.25) is 5.71 Å². The van der Waals surface area contributed by atoms with Crippen molar-refractivity contribution in [2.75, 3.05) is 19.8 Å². The first kappa shape index (κ1) is 19.0. The molecule has 0 saturated carbocycles. The second-order valence-electron chi connectivity index (χ2n) is 6.97. The Hall–Kier alpha value is -2.79. The van der Waals surface area contributed by atoms with E-state index in [0.29, 0.717) is 17.5 Å². The molecule has 0 bridgehead atoms. The monoisotopic (exact) mass is 364 g/mol. The topological polar surface area (TPSA) is 87.7 Å². The average molecular weight is 364 g/mol. The number of nitrogens with zero attached hydrogens (tertiary/aromatic N) is 1. The first-order valence-electron chi connectivity index (χ1n) is 9.35. The molecule has 1 aromatic carbocycles. The summed E-state index contributed by atoms with van der Waals surface area (Å²) in [6.07, 6.45) is 3.90. The predicted octanol–water partition coefficient (Wildman–Crippen LogP) is -0.136. The van der Waals surface area contributed by atoms with Crippen LogP contribution in [0.3, 0.4) is 0 Å². The summed E-state index contributed by atoms with van der Waals surface area (Å²) >= 11 is 0. The van der Waals surface area contributed by atoms with Crippen LogP contribution in [-0.4, -0.2) is 36.3 Å². The highest BCUT2D eigenvalue weighted by molar-refractivity contribution is 6.30. The summed E-state index contributed by atoms with van der Waals surface area (Å²) in [6.45, 7) is 8.64. The lowest BCUT2D eigenvalue weighted by molar-refractivity contribution is -0.468. The Morgan fingerprint density at radius 3 is 2.67 bits per heavy atom. The van der Waals surface area contributed by atoms with Gasteiger partial charge in [-0.3, -0.25) is 21.1 Å². The molecule has 2 aromatic rings. The zero-order valence-corrected chi connectivity index (χ0v) is 15.9. The van der Waals surface area contributed by atoms with Gasteiger partial charge in [-0.05, 0) is 49.6 Å². The molecule has 1 fully saturated rings. The Bertz CT molecular complexity index is 866. The number of amidine groups is 1. The summed E-state index contributed by atoms with van der Waals surface area (Å²) in [6, 6.07) is 11.8. The van der Waals surface area contributed by atoms with E-state index in [1.54, 1.807) is 6.20 Å². The van der Waals surface area contributed by atoms with Gasteiger partial charge < -0.3 is 4.74 Å². The van der Waals surface area contributed by atoms with Gasteiger partial charge in [-0.2, -0.15) is 0 Å². The van der Waals surface area contributed by atoms with Crippen molar-refractivity contribution in [3.8, 4) is 0 Å². The lowest BCUT2D eigenvalue weighted by Crippen LogP contribution is -2.77. The molecular formula is C22H28N4O+2. The average Bonchev–Trinajstić information content (AvgIpc) is 2.71. The third-order valence-electron chi connectivity index (χ3n) is 5.00. The summed E-state index contributed by atoms with van der Waals surface area (Å²) in [4.78, 5) is 7.62. The van der Waals surface area contributed by atoms with Gasteiger partial charge in [-0.25, -0.2) is 0 Å². The molecule has 5 heteroatoms. The van der Waals surface area contributed by atoms with Crippen LogP contribution in [0.5, 0.6) is 0 Å². The maximum Gasteiger partial charge on any atom is 0.273 e. The molecule has 0 spiro atoms. The highest BCUT2D eigenvalue weighted by atomic mass is 16.5. The Labute approximate surface area is 160 Å². The number of allylic oxidation sites excluding steroid dienone is 1. The van der Waals surface area contributed by atoms with E-state index in [9.17, 15) is 0 Å². The zero-order valence-electron chi connectivity index (χ0n) is 15.9. The number of benzene rings is 1. The lowest BCUT2D eigenvalue weighted by atomic mass is 9.94. The lowest BCUT2D eigenvalue weighted by Gasteiger charge is -2.19. The molecule has 0 amide bonds. The molecule has 5 N–H and O–H groups in total. The molecule has 1 aromatic heterocycles. The van der Waals surface area contributed by atoms with Crippen molar-refractivity contribution < 1.29 is 15.1 Å². The molecule has 1 aliphatic heterocycles. The van der Waals surface area contributed by atoms with Crippen LogP contribution in [0.1, 0.15) is 35.2 Å². The second-order valence-corrected chi connectivity index (χ2v) is 6.97. The largest absolute Gasteiger partial charge is 0.381 e. The van der Waals surface area contributed by atoms with E-state index >= 15 is 0 Å². The van der Waals surface area contributed by atoms with Crippen LogP contribution in [-0.2, 0) is 4.74 Å². The summed E-state index contributed by atoms with van der Waals surface area (Å²) < 4.78 is 5.42. The Kier molecular flexibility index (Phi) is 6.14. The summed E-state index contributed by atoms with van der Waals surface area (Å²) in [5, 5.41) is 6.48. The van der Waals surface area contributed by atoms with Crippen LogP contribution in [0.15, 0.2) is 49.2 Å². The van der Waals surface area contributed by atoms with Gasteiger partial charge in [-0.1, -0.05) is 18.7 Å². The highest BCUT2D eigenvalue weighted by Gasteiger charge is 2.22. The van der Waals surface area contributed by atoms with E-state index in [2.05, 4.69) is 16.6 Å². The zero-order chi connectivity index (χ0) is 19.2. The maximum atomic E-state index is 6.48. The smallest absolute Gasteiger partial charge is 0.273 e. The summed E-state index contributed by atoms with van der Waals surface area (Å²) in [7, 11) is 0. The van der Waals surface area contributed by atoms with Crippen molar-refractivity contribution in [1.82, 2.24) is 4.98 Å². The molecule has 1 aliphatic rings. The number of ether oxygens (including phenoxy) is 1. The number of rotatable bonds is 6. The van der Waals surface area contributed by atoms with Crippen LogP contribution in [0.4, 0.5) is 0 Å². The van der Waals surface area contributed by atoms with E-state index in [1.807, 2.05) is 43.3 Å². The highest BCUT2D eigenvalue weighted by Crippen LogP contribution is 2.19. The van der Waals surface area contributed by atoms with E-state index in [4.69, 9.17) is 15.9 Å². The van der Waals surface area contributed by atoms with Crippen molar-refractivity contribution in [2.24, 2.45) is 11.7 Å². The molecule has 0 unspecified atom stereocenters. The number of nitrogens with two attached hydrogens (primary N) is 2. The number of hydrogen-bond donors (Lipinski definition) is 3. The van der Waals surface area contributed by atoms with Gasteiger partial charge in [0.1, 0.15) is 0 Å². The molecule has 27 heavy (non-hydrogen) atoms. The standard InChI is InChI=1S/C22H26N4O/c1-15-13-18(7-10-25-15)16(2)21(23)19-5-3-4-6-20(19)22(24)26-14-17-8-11-27-12-9-17/h3-7,10,13,17,23H,2,8-9,11-12,14H2,1H3,(H2,24,26)/p+2. The number of nitrogens with one attached hydrogen (secondary N) is 1. The van der Waals surface area contributed by atoms with Crippen LogP contribution in [0.25, 0.3) is 5.57 Å². The van der Waals surface area contributed by atoms with Crippen molar-refractivity contribution in [2.45, 2.75) is 19.8 Å². The fraction of sp³-hybridized carbons (Fsp3) is 0.318. The molecule has 5 nitrogen and oxygen atoms in total. The molecule has 1 saturated heterocycles. The minimum atomic E-state index is 0.584. The van der Waals surface area contributed by atoms with E-state index < -0.39 is 0 Å². The number of hydrogen-bond acceptors (Lipinski definition) is 2. The van der Waals surface area contributed by atoms with Gasteiger partial charge >= 0.3 is 0 Å². The normalized spacial score (nSPS) is 15.5. The second kappa shape index (κ2) is 8.73. The van der Waals surface area contributed by atoms with Crippen LogP contribution in [0.2, 0.25) is 0 Å². The number of nitrogen functional groups attached to an aromatic ring is 1. The molecule has 0 radical (unpaired) electrons. The maximum absolute atomic E-state index is 6.48. The van der Waals surface area contributed by atoms with E-state index in [1.165, 1.54) is 0 Å². The van der Waals surface area contributed by atoms with Gasteiger partial charge in [0, 0.05) is 36.6 Å². The third-order valence-corrected chi connectivity index (χ3v) is 5.00. The minimum Gasteiger partial charge on any atom is -0.381 e. The van der Waals surface area contributed by atoms with E-state index in [0.717, 1.165) is 60.6 Å². The van der Waals surface area contributed by atoms with Crippen molar-refractivity contribution in [1.29, 1.82) is 0 Å². The third kappa shape index (κ3) is 4.68. The quantitative estimate of drug-likeness (QED) is 0.493. The Balaban J connectivity index is 1.82. The Morgan fingerprint density at radius 2 is 1.96 bits per heavy atom. The van der Waals surface area contributed by atoms with Crippen LogP contribution < -0.4 is 16.1 Å². The van der Waals surface area contributed by atoms with Gasteiger partial charge in [0.25, 0.3) is 5.84 Å². The summed E-state index contributed by atoms with van der Waals surface area (Å²) in [5.74, 6) is 1.22.